The van der Waals surface area contributed by atoms with Gasteiger partial charge in [0.1, 0.15) is 6.29 Å². The summed E-state index contributed by atoms with van der Waals surface area (Å²) in [6, 6.07) is 3.95. The molecule has 3 amide bonds. The number of hydrogen-bond donors (Lipinski definition) is 3. The van der Waals surface area contributed by atoms with Gasteiger partial charge in [0.25, 0.3) is 5.91 Å². The molecule has 0 aliphatic carbocycles. The minimum absolute atomic E-state index is 0.106. The van der Waals surface area contributed by atoms with Crippen LogP contribution >= 0.6 is 0 Å². The van der Waals surface area contributed by atoms with Gasteiger partial charge in [0.05, 0.1) is 12.6 Å². The Hall–Kier alpha value is -3.10. The zero-order valence-electron chi connectivity index (χ0n) is 13.9. The molecule has 0 spiro atoms. The van der Waals surface area contributed by atoms with Crippen molar-refractivity contribution in [3.63, 3.8) is 0 Å². The highest BCUT2D eigenvalue weighted by molar-refractivity contribution is 5.97. The first-order valence-electron chi connectivity index (χ1n) is 8.27. The summed E-state index contributed by atoms with van der Waals surface area (Å²) < 4.78 is 10.4. The minimum atomic E-state index is -0.765. The van der Waals surface area contributed by atoms with Crippen molar-refractivity contribution in [2.24, 2.45) is 5.92 Å². The maximum absolute atomic E-state index is 12.1. The van der Waals surface area contributed by atoms with E-state index in [1.54, 1.807) is 12.1 Å². The second kappa shape index (κ2) is 7.85. The summed E-state index contributed by atoms with van der Waals surface area (Å²) in [5, 5.41) is 7.68. The number of fused-ring (bicyclic) bond motifs is 1. The predicted molar refractivity (Wildman–Crippen MR) is 88.6 cm³/mol. The Balaban J connectivity index is 1.47. The highest BCUT2D eigenvalue weighted by Crippen LogP contribution is 2.32. The summed E-state index contributed by atoms with van der Waals surface area (Å²) in [5.41, 5.74) is 0.330. The van der Waals surface area contributed by atoms with Crippen LogP contribution in [-0.4, -0.2) is 49.9 Å². The van der Waals surface area contributed by atoms with Gasteiger partial charge in [-0.25, -0.2) is 0 Å². The first kappa shape index (κ1) is 17.7. The number of benzene rings is 1. The van der Waals surface area contributed by atoms with Crippen molar-refractivity contribution >= 4 is 24.0 Å². The number of aldehydes is 1. The molecule has 1 aromatic carbocycles. The molecular formula is C17H19N3O6. The molecule has 9 nitrogen and oxygen atoms in total. The molecule has 2 heterocycles. The summed E-state index contributed by atoms with van der Waals surface area (Å²) in [4.78, 5) is 46.8. The normalized spacial score (nSPS) is 18.8. The molecule has 2 atom stereocenters. The van der Waals surface area contributed by atoms with Crippen LogP contribution in [0, 0.1) is 5.92 Å². The Bertz CT molecular complexity index is 735. The molecule has 0 saturated carbocycles. The quantitative estimate of drug-likeness (QED) is 0.555. The van der Waals surface area contributed by atoms with E-state index in [0.29, 0.717) is 36.3 Å². The molecule has 2 unspecified atom stereocenters. The standard InChI is InChI=1S/C17H19N3O6/c21-8-12(5-11-3-4-18-16(11)23)20-15(22)7-19-17(24)10-1-2-13-14(6-10)26-9-25-13/h1-2,6,8,11-12H,3-5,7,9H2,(H,18,23)(H,19,24)(H,20,22). The lowest BCUT2D eigenvalue weighted by atomic mass is 9.99. The third-order valence-electron chi connectivity index (χ3n) is 4.26. The lowest BCUT2D eigenvalue weighted by Gasteiger charge is -2.15. The Morgan fingerprint density at radius 2 is 2.12 bits per heavy atom. The van der Waals surface area contributed by atoms with Gasteiger partial charge < -0.3 is 30.2 Å². The topological polar surface area (TPSA) is 123 Å². The van der Waals surface area contributed by atoms with Gasteiger partial charge in [-0.3, -0.25) is 14.4 Å². The van der Waals surface area contributed by atoms with Gasteiger partial charge in [-0.05, 0) is 31.0 Å². The Morgan fingerprint density at radius 3 is 2.85 bits per heavy atom. The highest BCUT2D eigenvalue weighted by atomic mass is 16.7. The summed E-state index contributed by atoms with van der Waals surface area (Å²) in [7, 11) is 0. The average molecular weight is 361 g/mol. The van der Waals surface area contributed by atoms with Gasteiger partial charge in [-0.15, -0.1) is 0 Å². The van der Waals surface area contributed by atoms with Crippen LogP contribution in [0.3, 0.4) is 0 Å². The van der Waals surface area contributed by atoms with Crippen molar-refractivity contribution in [1.82, 2.24) is 16.0 Å². The third kappa shape index (κ3) is 4.11. The molecule has 1 aromatic rings. The number of ether oxygens (including phenoxy) is 2. The smallest absolute Gasteiger partial charge is 0.251 e. The fourth-order valence-electron chi connectivity index (χ4n) is 2.88. The highest BCUT2D eigenvalue weighted by Gasteiger charge is 2.27. The van der Waals surface area contributed by atoms with Gasteiger partial charge in [-0.2, -0.15) is 0 Å². The van der Waals surface area contributed by atoms with Crippen LogP contribution in [0.25, 0.3) is 0 Å². The van der Waals surface area contributed by atoms with E-state index >= 15 is 0 Å². The SMILES string of the molecule is O=CC(CC1CCNC1=O)NC(=O)CNC(=O)c1ccc2c(c1)OCO2. The molecule has 1 fully saturated rings. The fraction of sp³-hybridized carbons (Fsp3) is 0.412. The van der Waals surface area contributed by atoms with Crippen LogP contribution in [0.2, 0.25) is 0 Å². The number of amides is 3. The van der Waals surface area contributed by atoms with Gasteiger partial charge in [0.2, 0.25) is 18.6 Å². The van der Waals surface area contributed by atoms with Crippen molar-refractivity contribution in [3.8, 4) is 11.5 Å². The molecule has 1 saturated heterocycles. The second-order valence-electron chi connectivity index (χ2n) is 6.07. The van der Waals surface area contributed by atoms with Crippen molar-refractivity contribution in [2.75, 3.05) is 19.9 Å². The van der Waals surface area contributed by atoms with Gasteiger partial charge >= 0.3 is 0 Å². The average Bonchev–Trinajstić information content (AvgIpc) is 3.27. The van der Waals surface area contributed by atoms with Crippen molar-refractivity contribution in [3.05, 3.63) is 23.8 Å². The zero-order chi connectivity index (χ0) is 18.5. The van der Waals surface area contributed by atoms with E-state index in [1.807, 2.05) is 0 Å². The zero-order valence-corrected chi connectivity index (χ0v) is 13.9. The fourth-order valence-corrected chi connectivity index (χ4v) is 2.88. The molecule has 3 N–H and O–H groups in total. The molecule has 2 aliphatic heterocycles. The van der Waals surface area contributed by atoms with E-state index in [2.05, 4.69) is 16.0 Å². The van der Waals surface area contributed by atoms with E-state index in [-0.39, 0.29) is 31.6 Å². The van der Waals surface area contributed by atoms with E-state index in [9.17, 15) is 19.2 Å². The molecular weight excluding hydrogens is 342 g/mol. The Kier molecular flexibility index (Phi) is 5.35. The van der Waals surface area contributed by atoms with Gasteiger partial charge in [0, 0.05) is 18.0 Å². The van der Waals surface area contributed by atoms with Crippen molar-refractivity contribution < 1.29 is 28.7 Å². The van der Waals surface area contributed by atoms with Crippen LogP contribution in [0.5, 0.6) is 11.5 Å². The van der Waals surface area contributed by atoms with E-state index in [1.165, 1.54) is 6.07 Å². The predicted octanol–water partition coefficient (Wildman–Crippen LogP) is -0.645. The molecule has 0 aromatic heterocycles. The summed E-state index contributed by atoms with van der Waals surface area (Å²) in [5.74, 6) is -0.316. The number of hydrogen-bond acceptors (Lipinski definition) is 6. The van der Waals surface area contributed by atoms with Crippen LogP contribution in [0.1, 0.15) is 23.2 Å². The number of carbonyl (C=O) groups is 4. The number of carbonyl (C=O) groups excluding carboxylic acids is 4. The Labute approximate surface area is 149 Å². The lowest BCUT2D eigenvalue weighted by Crippen LogP contribution is -2.43. The maximum atomic E-state index is 12.1. The Morgan fingerprint density at radius 1 is 1.31 bits per heavy atom. The lowest BCUT2D eigenvalue weighted by molar-refractivity contribution is -0.125. The molecule has 0 bridgehead atoms. The number of rotatable bonds is 7. The maximum Gasteiger partial charge on any atom is 0.251 e. The van der Waals surface area contributed by atoms with E-state index in [0.717, 1.165) is 0 Å². The molecule has 3 rings (SSSR count). The second-order valence-corrected chi connectivity index (χ2v) is 6.07. The summed E-state index contributed by atoms with van der Waals surface area (Å²) in [6.45, 7) is 0.401. The summed E-state index contributed by atoms with van der Waals surface area (Å²) >= 11 is 0. The van der Waals surface area contributed by atoms with Gasteiger partial charge in [0.15, 0.2) is 11.5 Å². The monoisotopic (exact) mass is 361 g/mol. The van der Waals surface area contributed by atoms with Crippen molar-refractivity contribution in [2.45, 2.75) is 18.9 Å². The first-order valence-corrected chi connectivity index (χ1v) is 8.27. The minimum Gasteiger partial charge on any atom is -0.454 e. The molecule has 9 heteroatoms. The van der Waals surface area contributed by atoms with Crippen molar-refractivity contribution in [1.29, 1.82) is 0 Å². The van der Waals surface area contributed by atoms with Crippen LogP contribution in [0.15, 0.2) is 18.2 Å². The van der Waals surface area contributed by atoms with Crippen LogP contribution in [0.4, 0.5) is 0 Å². The molecule has 138 valence electrons. The largest absolute Gasteiger partial charge is 0.454 e. The molecule has 2 aliphatic rings. The van der Waals surface area contributed by atoms with E-state index in [4.69, 9.17) is 9.47 Å². The van der Waals surface area contributed by atoms with Gasteiger partial charge in [-0.1, -0.05) is 0 Å². The molecule has 26 heavy (non-hydrogen) atoms. The van der Waals surface area contributed by atoms with Crippen LogP contribution in [-0.2, 0) is 14.4 Å². The summed E-state index contributed by atoms with van der Waals surface area (Å²) in [6.07, 6.45) is 1.49. The molecule has 0 radical (unpaired) electrons. The third-order valence-corrected chi connectivity index (χ3v) is 4.26. The van der Waals surface area contributed by atoms with Crippen LogP contribution < -0.4 is 25.4 Å². The number of nitrogens with one attached hydrogen (secondary N) is 3. The van der Waals surface area contributed by atoms with E-state index < -0.39 is 17.9 Å². The first-order chi connectivity index (χ1) is 12.6.